The van der Waals surface area contributed by atoms with Gasteiger partial charge in [-0.2, -0.15) is 0 Å². The van der Waals surface area contributed by atoms with Gasteiger partial charge in [0.2, 0.25) is 0 Å². The number of fused-ring (bicyclic) bond motifs is 1. The predicted octanol–water partition coefficient (Wildman–Crippen LogP) is 5.15. The lowest BCUT2D eigenvalue weighted by atomic mass is 9.77. The topological polar surface area (TPSA) is 83.3 Å². The Labute approximate surface area is 215 Å². The monoisotopic (exact) mass is 503 g/mol. The molecule has 36 heavy (non-hydrogen) atoms. The third-order valence-corrected chi connectivity index (χ3v) is 8.09. The number of rotatable bonds is 7. The van der Waals surface area contributed by atoms with E-state index in [1.165, 1.54) is 20.9 Å². The van der Waals surface area contributed by atoms with Crippen molar-refractivity contribution in [3.05, 3.63) is 75.3 Å². The predicted molar refractivity (Wildman–Crippen MR) is 147 cm³/mol. The molecule has 4 aromatic rings. The molecule has 1 atom stereocenters. The number of nitrogens with zero attached hydrogens (tertiary/aromatic N) is 4. The van der Waals surface area contributed by atoms with Gasteiger partial charge in [-0.25, -0.2) is 9.97 Å². The van der Waals surface area contributed by atoms with Crippen LogP contribution in [0.25, 0.3) is 21.3 Å². The highest BCUT2D eigenvalue weighted by Gasteiger charge is 2.39. The van der Waals surface area contributed by atoms with Gasteiger partial charge >= 0.3 is 0 Å². The lowest BCUT2D eigenvalue weighted by Crippen LogP contribution is -2.44. The molecule has 1 aromatic carbocycles. The van der Waals surface area contributed by atoms with Crippen molar-refractivity contribution in [1.29, 1.82) is 0 Å². The van der Waals surface area contributed by atoms with Crippen LogP contribution in [-0.2, 0) is 6.54 Å². The Morgan fingerprint density at radius 2 is 1.97 bits per heavy atom. The summed E-state index contributed by atoms with van der Waals surface area (Å²) in [6.45, 7) is 6.67. The molecule has 0 aliphatic heterocycles. The summed E-state index contributed by atoms with van der Waals surface area (Å²) in [5.74, 6) is 1.33. The molecule has 5 rings (SSSR count). The molecule has 188 valence electrons. The minimum atomic E-state index is -0.708. The van der Waals surface area contributed by atoms with Gasteiger partial charge in [0.15, 0.2) is 0 Å². The fourth-order valence-electron chi connectivity index (χ4n) is 5.03. The largest absolute Gasteiger partial charge is 0.390 e. The second-order valence-corrected chi connectivity index (χ2v) is 11.6. The normalized spacial score (nSPS) is 20.5. The Bertz CT molecular complexity index is 1460. The third-order valence-electron chi connectivity index (χ3n) is 6.79. The number of aromatic nitrogens is 3. The SMILES string of the molecule is Cc1nc(NC(C)c2ccc(-c3ccccc3CN(C)C)s2)c2cn(C3CC(C)(O)C3)c(=O)cc2n1. The van der Waals surface area contributed by atoms with Gasteiger partial charge in [-0.15, -0.1) is 11.3 Å². The van der Waals surface area contributed by atoms with E-state index in [4.69, 9.17) is 4.98 Å². The number of aryl methyl sites for hydroxylation is 1. The maximum atomic E-state index is 12.8. The lowest BCUT2D eigenvalue weighted by molar-refractivity contribution is -0.0517. The molecule has 2 N–H and O–H groups in total. The van der Waals surface area contributed by atoms with Crippen molar-refractivity contribution in [1.82, 2.24) is 19.4 Å². The summed E-state index contributed by atoms with van der Waals surface area (Å²) in [4.78, 5) is 26.6. The molecule has 1 unspecified atom stereocenters. The zero-order valence-electron chi connectivity index (χ0n) is 21.4. The van der Waals surface area contributed by atoms with Crippen LogP contribution in [0.15, 0.2) is 53.5 Å². The first-order valence-electron chi connectivity index (χ1n) is 12.3. The second-order valence-electron chi connectivity index (χ2n) is 10.5. The number of benzene rings is 1. The van der Waals surface area contributed by atoms with Gasteiger partial charge < -0.3 is 19.9 Å². The molecule has 0 saturated heterocycles. The molecule has 3 aromatic heterocycles. The maximum Gasteiger partial charge on any atom is 0.252 e. The number of anilines is 1. The maximum absolute atomic E-state index is 12.8. The lowest BCUT2D eigenvalue weighted by Gasteiger charge is -2.41. The quantitative estimate of drug-likeness (QED) is 0.363. The molecular formula is C28H33N5O2S. The van der Waals surface area contributed by atoms with E-state index in [1.807, 2.05) is 20.0 Å². The van der Waals surface area contributed by atoms with E-state index in [0.29, 0.717) is 30.0 Å². The van der Waals surface area contributed by atoms with E-state index in [0.717, 1.165) is 11.9 Å². The molecule has 0 amide bonds. The Kier molecular flexibility index (Phi) is 6.44. The van der Waals surface area contributed by atoms with Gasteiger partial charge in [-0.3, -0.25) is 4.79 Å². The fourth-order valence-corrected chi connectivity index (χ4v) is 6.10. The molecule has 0 bridgehead atoms. The molecule has 1 fully saturated rings. The van der Waals surface area contributed by atoms with Crippen LogP contribution in [0.5, 0.6) is 0 Å². The molecule has 8 heteroatoms. The highest BCUT2D eigenvalue weighted by Crippen LogP contribution is 2.41. The van der Waals surface area contributed by atoms with Crippen LogP contribution in [0.1, 0.15) is 55.0 Å². The average Bonchev–Trinajstić information content (AvgIpc) is 3.27. The van der Waals surface area contributed by atoms with Gasteiger partial charge in [0.1, 0.15) is 11.6 Å². The Balaban J connectivity index is 1.44. The van der Waals surface area contributed by atoms with E-state index < -0.39 is 5.60 Å². The van der Waals surface area contributed by atoms with Crippen molar-refractivity contribution in [2.75, 3.05) is 19.4 Å². The summed E-state index contributed by atoms with van der Waals surface area (Å²) in [5, 5.41) is 14.6. The van der Waals surface area contributed by atoms with Crippen LogP contribution in [0.2, 0.25) is 0 Å². The van der Waals surface area contributed by atoms with Gasteiger partial charge in [-0.05, 0) is 71.0 Å². The minimum Gasteiger partial charge on any atom is -0.390 e. The van der Waals surface area contributed by atoms with Crippen LogP contribution in [0, 0.1) is 6.92 Å². The van der Waals surface area contributed by atoms with Crippen molar-refractivity contribution >= 4 is 28.1 Å². The summed E-state index contributed by atoms with van der Waals surface area (Å²) in [7, 11) is 4.17. The van der Waals surface area contributed by atoms with E-state index >= 15 is 0 Å². The highest BCUT2D eigenvalue weighted by atomic mass is 32.1. The van der Waals surface area contributed by atoms with Crippen molar-refractivity contribution in [2.24, 2.45) is 0 Å². The summed E-state index contributed by atoms with van der Waals surface area (Å²) in [6.07, 6.45) is 2.98. The smallest absolute Gasteiger partial charge is 0.252 e. The summed E-state index contributed by atoms with van der Waals surface area (Å²) in [5.41, 5.74) is 2.40. The van der Waals surface area contributed by atoms with Gasteiger partial charge in [-0.1, -0.05) is 24.3 Å². The number of hydrogen-bond acceptors (Lipinski definition) is 7. The molecular weight excluding hydrogens is 470 g/mol. The zero-order chi connectivity index (χ0) is 25.6. The first-order valence-corrected chi connectivity index (χ1v) is 13.1. The van der Waals surface area contributed by atoms with Crippen molar-refractivity contribution in [3.8, 4) is 10.4 Å². The van der Waals surface area contributed by atoms with Crippen molar-refractivity contribution in [3.63, 3.8) is 0 Å². The molecule has 3 heterocycles. The molecule has 1 aliphatic carbocycles. The van der Waals surface area contributed by atoms with Crippen molar-refractivity contribution in [2.45, 2.75) is 57.8 Å². The average molecular weight is 504 g/mol. The first-order chi connectivity index (χ1) is 17.1. The van der Waals surface area contributed by atoms with Crippen LogP contribution < -0.4 is 10.9 Å². The van der Waals surface area contributed by atoms with Crippen LogP contribution >= 0.6 is 11.3 Å². The zero-order valence-corrected chi connectivity index (χ0v) is 22.3. The number of pyridine rings is 1. The van der Waals surface area contributed by atoms with Crippen LogP contribution in [0.3, 0.4) is 0 Å². The Hall–Kier alpha value is -3.07. The summed E-state index contributed by atoms with van der Waals surface area (Å²) >= 11 is 1.78. The standard InChI is InChI=1S/C28H33N5O2S/c1-17(24-10-11-25(36-24)21-9-7-6-8-19(21)15-32(4)5)29-27-22-16-33(20-13-28(3,35)14-20)26(34)12-23(22)30-18(2)31-27/h6-12,16-17,20,35H,13-15H2,1-5H3,(H,29,30,31). The molecule has 1 aliphatic rings. The minimum absolute atomic E-state index is 0.00874. The van der Waals surface area contributed by atoms with Crippen molar-refractivity contribution < 1.29 is 5.11 Å². The molecule has 1 saturated carbocycles. The highest BCUT2D eigenvalue weighted by molar-refractivity contribution is 7.15. The van der Waals surface area contributed by atoms with Gasteiger partial charge in [0.25, 0.3) is 5.56 Å². The van der Waals surface area contributed by atoms with E-state index in [2.05, 4.69) is 72.6 Å². The number of hydrogen-bond donors (Lipinski definition) is 2. The first kappa shape index (κ1) is 24.6. The number of aliphatic hydroxyl groups is 1. The summed E-state index contributed by atoms with van der Waals surface area (Å²) in [6, 6.07) is 14.5. The van der Waals surface area contributed by atoms with Crippen LogP contribution in [-0.4, -0.2) is 44.2 Å². The van der Waals surface area contributed by atoms with E-state index in [1.54, 1.807) is 22.0 Å². The van der Waals surface area contributed by atoms with E-state index in [9.17, 15) is 9.90 Å². The Morgan fingerprint density at radius 3 is 2.69 bits per heavy atom. The van der Waals surface area contributed by atoms with Crippen LogP contribution in [0.4, 0.5) is 5.82 Å². The number of thiophene rings is 1. The van der Waals surface area contributed by atoms with Gasteiger partial charge in [0, 0.05) is 34.6 Å². The number of nitrogens with one attached hydrogen (secondary N) is 1. The van der Waals surface area contributed by atoms with Gasteiger partial charge in [0.05, 0.1) is 22.5 Å². The molecule has 0 spiro atoms. The molecule has 7 nitrogen and oxygen atoms in total. The third kappa shape index (κ3) is 4.93. The second kappa shape index (κ2) is 9.42. The fraction of sp³-hybridized carbons (Fsp3) is 0.393. The molecule has 0 radical (unpaired) electrons. The van der Waals surface area contributed by atoms with E-state index in [-0.39, 0.29) is 17.6 Å². The summed E-state index contributed by atoms with van der Waals surface area (Å²) < 4.78 is 1.72. The Morgan fingerprint density at radius 1 is 1.22 bits per heavy atom.